The van der Waals surface area contributed by atoms with E-state index in [1.807, 2.05) is 18.2 Å². The van der Waals surface area contributed by atoms with E-state index < -0.39 is 17.6 Å². The maximum absolute atomic E-state index is 12.3. The van der Waals surface area contributed by atoms with Gasteiger partial charge in [0.05, 0.1) is 27.4 Å². The molecular weight excluding hydrogens is 352 g/mol. The first-order valence-electron chi connectivity index (χ1n) is 9.13. The van der Waals surface area contributed by atoms with Crippen molar-refractivity contribution in [2.45, 2.75) is 25.0 Å². The van der Waals surface area contributed by atoms with Crippen LogP contribution in [-0.4, -0.2) is 69.6 Å². The van der Waals surface area contributed by atoms with Crippen LogP contribution in [-0.2, 0) is 25.5 Å². The van der Waals surface area contributed by atoms with Gasteiger partial charge in [0, 0.05) is 32.5 Å². The van der Waals surface area contributed by atoms with Gasteiger partial charge in [-0.15, -0.1) is 0 Å². The zero-order valence-electron chi connectivity index (χ0n) is 15.8. The Bertz CT molecular complexity index is 677. The van der Waals surface area contributed by atoms with E-state index in [0.29, 0.717) is 63.6 Å². The Morgan fingerprint density at radius 2 is 1.78 bits per heavy atom. The molecule has 0 radical (unpaired) electrons. The molecule has 148 valence electrons. The summed E-state index contributed by atoms with van der Waals surface area (Å²) in [6, 6.07) is 5.58. The number of rotatable bonds is 5. The maximum Gasteiger partial charge on any atom is 0.311 e. The highest BCUT2D eigenvalue weighted by Gasteiger charge is 2.41. The van der Waals surface area contributed by atoms with E-state index in [0.717, 1.165) is 5.56 Å². The largest absolute Gasteiger partial charge is 0.493 e. The average molecular weight is 378 g/mol. The van der Waals surface area contributed by atoms with E-state index in [1.54, 1.807) is 19.1 Å². The summed E-state index contributed by atoms with van der Waals surface area (Å²) in [4.78, 5) is 26.0. The van der Waals surface area contributed by atoms with Crippen LogP contribution in [0.2, 0.25) is 0 Å². The number of carbonyl (C=O) groups excluding carboxylic acids is 2. The summed E-state index contributed by atoms with van der Waals surface area (Å²) >= 11 is 0. The van der Waals surface area contributed by atoms with Crippen LogP contribution in [0.5, 0.6) is 11.5 Å². The third kappa shape index (κ3) is 4.51. The fraction of sp³-hybridized carbons (Fsp3) is 0.579. The van der Waals surface area contributed by atoms with Gasteiger partial charge in [0.2, 0.25) is 0 Å². The van der Waals surface area contributed by atoms with Crippen LogP contribution in [0, 0.1) is 0 Å². The Kier molecular flexibility index (Phi) is 6.18. The molecule has 0 aliphatic carbocycles. The van der Waals surface area contributed by atoms with Gasteiger partial charge in [-0.05, 0) is 24.1 Å². The molecule has 0 atom stereocenters. The Morgan fingerprint density at radius 1 is 1.11 bits per heavy atom. The zero-order chi connectivity index (χ0) is 19.3. The highest BCUT2D eigenvalue weighted by Crippen LogP contribution is 2.31. The topological polar surface area (TPSA) is 86.3 Å². The van der Waals surface area contributed by atoms with Crippen LogP contribution in [0.15, 0.2) is 18.2 Å². The third-order valence-electron chi connectivity index (χ3n) is 4.97. The molecule has 0 unspecified atom stereocenters. The van der Waals surface area contributed by atoms with Gasteiger partial charge in [0.15, 0.2) is 17.3 Å². The molecule has 0 bridgehead atoms. The molecule has 8 heteroatoms. The standard InChI is InChI=1S/C19H26N2O6/c1-24-15-4-3-14(13-16(15)25-2)5-8-20-17(22)18(23)21-9-6-19(7-10-21)26-11-12-27-19/h3-4,13H,5-12H2,1-2H3,(H,20,22). The van der Waals surface area contributed by atoms with Crippen LogP contribution >= 0.6 is 0 Å². The zero-order valence-corrected chi connectivity index (χ0v) is 15.8. The molecule has 2 aliphatic heterocycles. The van der Waals surface area contributed by atoms with Gasteiger partial charge in [0.25, 0.3) is 0 Å². The second-order valence-electron chi connectivity index (χ2n) is 6.60. The molecule has 1 N–H and O–H groups in total. The first-order chi connectivity index (χ1) is 13.1. The highest BCUT2D eigenvalue weighted by atomic mass is 16.7. The molecule has 8 nitrogen and oxygen atoms in total. The lowest BCUT2D eigenvalue weighted by atomic mass is 10.0. The Morgan fingerprint density at radius 3 is 2.41 bits per heavy atom. The quantitative estimate of drug-likeness (QED) is 0.760. The summed E-state index contributed by atoms with van der Waals surface area (Å²) in [6.45, 7) is 2.46. The highest BCUT2D eigenvalue weighted by molar-refractivity contribution is 6.35. The predicted molar refractivity (Wildman–Crippen MR) is 96.7 cm³/mol. The van der Waals surface area contributed by atoms with E-state index in [-0.39, 0.29) is 0 Å². The number of benzene rings is 1. The lowest BCUT2D eigenvalue weighted by Gasteiger charge is -2.37. The van der Waals surface area contributed by atoms with E-state index in [9.17, 15) is 9.59 Å². The van der Waals surface area contributed by atoms with E-state index in [1.165, 1.54) is 0 Å². The van der Waals surface area contributed by atoms with Crippen molar-refractivity contribution in [3.8, 4) is 11.5 Å². The van der Waals surface area contributed by atoms with Gasteiger partial charge < -0.3 is 29.2 Å². The van der Waals surface area contributed by atoms with Crippen LogP contribution in [0.1, 0.15) is 18.4 Å². The molecule has 27 heavy (non-hydrogen) atoms. The van der Waals surface area contributed by atoms with Gasteiger partial charge in [-0.1, -0.05) is 6.07 Å². The molecule has 2 heterocycles. The average Bonchev–Trinajstić information content (AvgIpc) is 3.15. The second-order valence-corrected chi connectivity index (χ2v) is 6.60. The van der Waals surface area contributed by atoms with Crippen molar-refractivity contribution in [3.05, 3.63) is 23.8 Å². The van der Waals surface area contributed by atoms with Crippen LogP contribution in [0.4, 0.5) is 0 Å². The molecule has 2 amide bonds. The predicted octanol–water partition coefficient (Wildman–Crippen LogP) is 0.728. The van der Waals surface area contributed by atoms with Crippen molar-refractivity contribution < 1.29 is 28.5 Å². The van der Waals surface area contributed by atoms with Crippen molar-refractivity contribution in [2.75, 3.05) is 47.1 Å². The monoisotopic (exact) mass is 378 g/mol. The maximum atomic E-state index is 12.3. The number of likely N-dealkylation sites (tertiary alicyclic amines) is 1. The van der Waals surface area contributed by atoms with E-state index >= 15 is 0 Å². The van der Waals surface area contributed by atoms with Gasteiger partial charge in [-0.25, -0.2) is 0 Å². The van der Waals surface area contributed by atoms with E-state index in [4.69, 9.17) is 18.9 Å². The number of methoxy groups -OCH3 is 2. The summed E-state index contributed by atoms with van der Waals surface area (Å²) in [5, 5.41) is 2.69. The van der Waals surface area contributed by atoms with Gasteiger partial charge in [-0.3, -0.25) is 9.59 Å². The minimum atomic E-state index is -0.584. The van der Waals surface area contributed by atoms with Crippen LogP contribution in [0.3, 0.4) is 0 Å². The Hall–Kier alpha value is -2.32. The van der Waals surface area contributed by atoms with Crippen LogP contribution in [0.25, 0.3) is 0 Å². The van der Waals surface area contributed by atoms with Crippen molar-refractivity contribution >= 4 is 11.8 Å². The third-order valence-corrected chi connectivity index (χ3v) is 4.97. The number of nitrogens with one attached hydrogen (secondary N) is 1. The minimum absolute atomic E-state index is 0.365. The number of hydrogen-bond acceptors (Lipinski definition) is 6. The first kappa shape index (κ1) is 19.4. The number of carbonyl (C=O) groups is 2. The summed E-state index contributed by atoms with van der Waals surface area (Å²) < 4.78 is 21.8. The van der Waals surface area contributed by atoms with Gasteiger partial charge in [0.1, 0.15) is 0 Å². The number of nitrogens with zero attached hydrogens (tertiary/aromatic N) is 1. The SMILES string of the molecule is COc1ccc(CCNC(=O)C(=O)N2CCC3(CC2)OCCO3)cc1OC. The number of ether oxygens (including phenoxy) is 4. The summed E-state index contributed by atoms with van der Waals surface area (Å²) in [5.74, 6) is -0.356. The first-order valence-corrected chi connectivity index (χ1v) is 9.13. The van der Waals surface area contributed by atoms with E-state index in [2.05, 4.69) is 5.32 Å². The summed E-state index contributed by atoms with van der Waals surface area (Å²) in [5.41, 5.74) is 0.982. The normalized spacial score (nSPS) is 18.4. The lowest BCUT2D eigenvalue weighted by Crippen LogP contribution is -2.51. The Balaban J connectivity index is 1.44. The minimum Gasteiger partial charge on any atom is -0.493 e. The molecule has 2 saturated heterocycles. The molecule has 2 aliphatic rings. The smallest absolute Gasteiger partial charge is 0.311 e. The van der Waals surface area contributed by atoms with Crippen molar-refractivity contribution in [1.82, 2.24) is 10.2 Å². The molecule has 3 rings (SSSR count). The molecule has 0 aromatic heterocycles. The number of piperidine rings is 1. The van der Waals surface area contributed by atoms with Crippen LogP contribution < -0.4 is 14.8 Å². The summed E-state index contributed by atoms with van der Waals surface area (Å²) in [6.07, 6.45) is 1.78. The lowest BCUT2D eigenvalue weighted by molar-refractivity contribution is -0.188. The fourth-order valence-corrected chi connectivity index (χ4v) is 3.41. The summed E-state index contributed by atoms with van der Waals surface area (Å²) in [7, 11) is 3.16. The van der Waals surface area contributed by atoms with Crippen molar-refractivity contribution in [2.24, 2.45) is 0 Å². The molecule has 1 spiro atoms. The Labute approximate surface area is 158 Å². The molecule has 1 aromatic carbocycles. The van der Waals surface area contributed by atoms with Gasteiger partial charge in [-0.2, -0.15) is 0 Å². The second kappa shape index (κ2) is 8.58. The molecule has 1 aromatic rings. The molecule has 0 saturated carbocycles. The van der Waals surface area contributed by atoms with Gasteiger partial charge >= 0.3 is 11.8 Å². The van der Waals surface area contributed by atoms with Crippen molar-refractivity contribution in [3.63, 3.8) is 0 Å². The number of hydrogen-bond donors (Lipinski definition) is 1. The number of amides is 2. The van der Waals surface area contributed by atoms with Crippen molar-refractivity contribution in [1.29, 1.82) is 0 Å². The molecule has 2 fully saturated rings. The fourth-order valence-electron chi connectivity index (χ4n) is 3.41. The molecular formula is C19H26N2O6.